The van der Waals surface area contributed by atoms with Crippen molar-refractivity contribution in [1.82, 2.24) is 4.98 Å². The van der Waals surface area contributed by atoms with E-state index in [1.807, 2.05) is 12.3 Å². The topological polar surface area (TPSA) is 80.0 Å². The lowest BCUT2D eigenvalue weighted by molar-refractivity contribution is -0.171. The van der Waals surface area contributed by atoms with E-state index < -0.39 is 0 Å². The second-order valence-corrected chi connectivity index (χ2v) is 8.82. The molecule has 3 heterocycles. The van der Waals surface area contributed by atoms with Crippen LogP contribution in [0.15, 0.2) is 52.0 Å². The highest BCUT2D eigenvalue weighted by molar-refractivity contribution is 5.85. The average Bonchev–Trinajstić information content (AvgIpc) is 2.89. The highest BCUT2D eigenvalue weighted by Crippen LogP contribution is 2.29. The molecular formula is C28H35NO6. The van der Waals surface area contributed by atoms with Crippen LogP contribution in [0.2, 0.25) is 0 Å². The zero-order valence-corrected chi connectivity index (χ0v) is 20.5. The van der Waals surface area contributed by atoms with Gasteiger partial charge in [0.05, 0.1) is 13.2 Å². The van der Waals surface area contributed by atoms with Crippen molar-refractivity contribution in [3.05, 3.63) is 64.3 Å². The van der Waals surface area contributed by atoms with Gasteiger partial charge in [-0.1, -0.05) is 31.5 Å². The van der Waals surface area contributed by atoms with Gasteiger partial charge in [0.15, 0.2) is 6.29 Å². The summed E-state index contributed by atoms with van der Waals surface area (Å²) in [5.74, 6) is 1.60. The van der Waals surface area contributed by atoms with Gasteiger partial charge in [-0.2, -0.15) is 0 Å². The van der Waals surface area contributed by atoms with Gasteiger partial charge in [-0.05, 0) is 56.6 Å². The zero-order chi connectivity index (χ0) is 24.3. The standard InChI is InChI=1S/C28H35NO6/c1-2-9-22-13-12-21-10-8-14-29-27(21)28(22)33-17-6-3-5-15-31-25-20-34-23(18-24(25)30)19-35-26-11-4-7-16-32-26/h8,10,12-14,18,20,26H,2-7,9,11,15-17,19H2,1H3. The molecular weight excluding hydrogens is 446 g/mol. The lowest BCUT2D eigenvalue weighted by Gasteiger charge is -2.22. The predicted octanol–water partition coefficient (Wildman–Crippen LogP) is 5.81. The largest absolute Gasteiger partial charge is 0.491 e. The van der Waals surface area contributed by atoms with Crippen LogP contribution in [-0.4, -0.2) is 31.1 Å². The molecule has 0 N–H and O–H groups in total. The Labute approximate surface area is 206 Å². The van der Waals surface area contributed by atoms with Crippen LogP contribution < -0.4 is 14.9 Å². The number of pyridine rings is 1. The minimum absolute atomic E-state index is 0.199. The third-order valence-corrected chi connectivity index (χ3v) is 6.02. The summed E-state index contributed by atoms with van der Waals surface area (Å²) in [5.41, 5.74) is 1.93. The minimum Gasteiger partial charge on any atom is -0.491 e. The Bertz CT molecular complexity index is 1120. The van der Waals surface area contributed by atoms with E-state index in [9.17, 15) is 4.79 Å². The first kappa shape index (κ1) is 25.2. The quantitative estimate of drug-likeness (QED) is 0.285. The summed E-state index contributed by atoms with van der Waals surface area (Å²) in [7, 11) is 0. The van der Waals surface area contributed by atoms with Crippen LogP contribution in [-0.2, 0) is 22.5 Å². The molecule has 0 aliphatic carbocycles. The SMILES string of the molecule is CCCc1ccc2cccnc2c1OCCCCCOc1coc(COC2CCCCO2)cc1=O. The molecule has 1 aliphatic rings. The minimum atomic E-state index is -0.218. The fraction of sp³-hybridized carbons (Fsp3) is 0.500. The molecule has 1 aliphatic heterocycles. The van der Waals surface area contributed by atoms with Gasteiger partial charge in [-0.15, -0.1) is 0 Å². The van der Waals surface area contributed by atoms with Gasteiger partial charge >= 0.3 is 0 Å². The number of rotatable bonds is 13. The van der Waals surface area contributed by atoms with Gasteiger partial charge in [-0.3, -0.25) is 9.78 Å². The number of nitrogens with zero attached hydrogens (tertiary/aromatic N) is 1. The molecule has 35 heavy (non-hydrogen) atoms. The number of ether oxygens (including phenoxy) is 4. The Hall–Kier alpha value is -2.90. The van der Waals surface area contributed by atoms with E-state index in [1.165, 1.54) is 17.9 Å². The first-order valence-electron chi connectivity index (χ1n) is 12.7. The Kier molecular flexibility index (Phi) is 9.55. The van der Waals surface area contributed by atoms with Gasteiger partial charge in [0.2, 0.25) is 11.2 Å². The molecule has 2 aromatic heterocycles. The van der Waals surface area contributed by atoms with E-state index in [4.69, 9.17) is 23.4 Å². The van der Waals surface area contributed by atoms with Crippen LogP contribution in [0.5, 0.6) is 11.5 Å². The van der Waals surface area contributed by atoms with Gasteiger partial charge in [0.1, 0.15) is 29.9 Å². The Morgan fingerprint density at radius 1 is 1.09 bits per heavy atom. The van der Waals surface area contributed by atoms with E-state index in [0.717, 1.165) is 68.0 Å². The zero-order valence-electron chi connectivity index (χ0n) is 20.5. The summed E-state index contributed by atoms with van der Waals surface area (Å²) in [4.78, 5) is 16.8. The predicted molar refractivity (Wildman–Crippen MR) is 134 cm³/mol. The second kappa shape index (κ2) is 13.3. The summed E-state index contributed by atoms with van der Waals surface area (Å²) in [5, 5.41) is 1.09. The number of hydrogen-bond donors (Lipinski definition) is 0. The van der Waals surface area contributed by atoms with E-state index in [1.54, 1.807) is 0 Å². The molecule has 0 saturated carbocycles. The third kappa shape index (κ3) is 7.29. The fourth-order valence-corrected chi connectivity index (χ4v) is 4.16. The Morgan fingerprint density at radius 2 is 1.97 bits per heavy atom. The molecule has 0 radical (unpaired) electrons. The first-order valence-corrected chi connectivity index (χ1v) is 12.7. The molecule has 0 bridgehead atoms. The summed E-state index contributed by atoms with van der Waals surface area (Å²) < 4.78 is 28.5. The van der Waals surface area contributed by atoms with Crippen molar-refractivity contribution in [2.45, 2.75) is 71.2 Å². The normalized spacial score (nSPS) is 15.9. The molecule has 1 saturated heterocycles. The smallest absolute Gasteiger partial charge is 0.227 e. The third-order valence-electron chi connectivity index (χ3n) is 6.02. The number of aromatic nitrogens is 1. The Morgan fingerprint density at radius 3 is 2.77 bits per heavy atom. The second-order valence-electron chi connectivity index (χ2n) is 8.82. The molecule has 0 amide bonds. The van der Waals surface area contributed by atoms with E-state index >= 15 is 0 Å². The van der Waals surface area contributed by atoms with Gasteiger partial charge in [0.25, 0.3) is 0 Å². The Balaban J connectivity index is 1.17. The lowest BCUT2D eigenvalue weighted by Crippen LogP contribution is -2.22. The summed E-state index contributed by atoms with van der Waals surface area (Å²) in [6, 6.07) is 9.68. The van der Waals surface area contributed by atoms with Crippen LogP contribution in [0.25, 0.3) is 10.9 Å². The van der Waals surface area contributed by atoms with E-state index in [0.29, 0.717) is 25.6 Å². The lowest BCUT2D eigenvalue weighted by atomic mass is 10.1. The number of aryl methyl sites for hydroxylation is 1. The summed E-state index contributed by atoms with van der Waals surface area (Å²) in [6.45, 7) is 4.17. The van der Waals surface area contributed by atoms with Gasteiger partial charge < -0.3 is 23.4 Å². The number of unbranched alkanes of at least 4 members (excludes halogenated alkanes) is 2. The maximum Gasteiger partial charge on any atom is 0.227 e. The van der Waals surface area contributed by atoms with Crippen LogP contribution in [0.4, 0.5) is 0 Å². The average molecular weight is 482 g/mol. The summed E-state index contributed by atoms with van der Waals surface area (Å²) in [6.07, 6.45) is 10.7. The van der Waals surface area contributed by atoms with Crippen molar-refractivity contribution in [1.29, 1.82) is 0 Å². The maximum absolute atomic E-state index is 12.3. The molecule has 1 atom stereocenters. The van der Waals surface area contributed by atoms with Crippen molar-refractivity contribution in [2.24, 2.45) is 0 Å². The van der Waals surface area contributed by atoms with Crippen LogP contribution >= 0.6 is 0 Å². The molecule has 7 heteroatoms. The number of fused-ring (bicyclic) bond motifs is 1. The molecule has 188 valence electrons. The molecule has 1 fully saturated rings. The summed E-state index contributed by atoms with van der Waals surface area (Å²) >= 11 is 0. The maximum atomic E-state index is 12.3. The molecule has 1 unspecified atom stereocenters. The highest BCUT2D eigenvalue weighted by atomic mass is 16.7. The molecule has 3 aromatic rings. The van der Waals surface area contributed by atoms with Crippen molar-refractivity contribution >= 4 is 10.9 Å². The molecule has 0 spiro atoms. The molecule has 1 aromatic carbocycles. The van der Waals surface area contributed by atoms with E-state index in [2.05, 4.69) is 30.1 Å². The van der Waals surface area contributed by atoms with Crippen LogP contribution in [0.1, 0.15) is 63.2 Å². The number of hydrogen-bond acceptors (Lipinski definition) is 7. The van der Waals surface area contributed by atoms with Crippen molar-refractivity contribution in [3.8, 4) is 11.5 Å². The van der Waals surface area contributed by atoms with Gasteiger partial charge in [0, 0.05) is 24.3 Å². The van der Waals surface area contributed by atoms with Crippen molar-refractivity contribution in [2.75, 3.05) is 19.8 Å². The number of benzene rings is 1. The van der Waals surface area contributed by atoms with Gasteiger partial charge in [-0.25, -0.2) is 0 Å². The molecule has 7 nitrogen and oxygen atoms in total. The van der Waals surface area contributed by atoms with Crippen molar-refractivity contribution < 1.29 is 23.4 Å². The highest BCUT2D eigenvalue weighted by Gasteiger charge is 2.15. The fourth-order valence-electron chi connectivity index (χ4n) is 4.16. The first-order chi connectivity index (χ1) is 17.2. The molecule has 4 rings (SSSR count). The van der Waals surface area contributed by atoms with Crippen LogP contribution in [0.3, 0.4) is 0 Å². The van der Waals surface area contributed by atoms with Crippen LogP contribution in [0, 0.1) is 0 Å². The van der Waals surface area contributed by atoms with E-state index in [-0.39, 0.29) is 24.1 Å². The monoisotopic (exact) mass is 481 g/mol. The van der Waals surface area contributed by atoms with Crippen molar-refractivity contribution in [3.63, 3.8) is 0 Å².